The monoisotopic (exact) mass is 309 g/mol. The third-order valence-electron chi connectivity index (χ3n) is 3.07. The molecule has 21 heavy (non-hydrogen) atoms. The van der Waals surface area contributed by atoms with Crippen LogP contribution in [-0.4, -0.2) is 16.7 Å². The van der Waals surface area contributed by atoms with Crippen molar-refractivity contribution in [2.24, 2.45) is 11.7 Å². The van der Waals surface area contributed by atoms with Gasteiger partial charge < -0.3 is 10.3 Å². The number of nitrogens with zero attached hydrogens (tertiary/aromatic N) is 2. The minimum absolute atomic E-state index is 0.0877. The molecule has 0 radical (unpaired) electrons. The van der Waals surface area contributed by atoms with Gasteiger partial charge in [0.1, 0.15) is 5.82 Å². The van der Waals surface area contributed by atoms with Crippen molar-refractivity contribution in [1.82, 2.24) is 10.1 Å². The van der Waals surface area contributed by atoms with Gasteiger partial charge in [-0.3, -0.25) is 0 Å². The lowest BCUT2D eigenvalue weighted by Crippen LogP contribution is -2.15. The van der Waals surface area contributed by atoms with E-state index in [1.54, 1.807) is 18.2 Å². The van der Waals surface area contributed by atoms with Gasteiger partial charge in [-0.15, -0.1) is 11.8 Å². The summed E-state index contributed by atoms with van der Waals surface area (Å²) >= 11 is 1.36. The van der Waals surface area contributed by atoms with Gasteiger partial charge in [-0.2, -0.15) is 4.98 Å². The lowest BCUT2D eigenvalue weighted by molar-refractivity contribution is 0.332. The molecule has 0 saturated carbocycles. The Morgan fingerprint density at radius 2 is 2.10 bits per heavy atom. The topological polar surface area (TPSA) is 64.9 Å². The quantitative estimate of drug-likeness (QED) is 0.792. The third kappa shape index (κ3) is 4.54. The van der Waals surface area contributed by atoms with Crippen LogP contribution in [0, 0.1) is 11.7 Å². The highest BCUT2D eigenvalue weighted by Crippen LogP contribution is 2.26. The second kappa shape index (κ2) is 7.56. The average molecular weight is 309 g/mol. The van der Waals surface area contributed by atoms with Crippen LogP contribution in [0.1, 0.15) is 37.9 Å². The molecule has 6 heteroatoms. The number of rotatable bonds is 7. The predicted octanol–water partition coefficient (Wildman–Crippen LogP) is 3.59. The van der Waals surface area contributed by atoms with Gasteiger partial charge in [0.25, 0.3) is 0 Å². The second-order valence-electron chi connectivity index (χ2n) is 5.33. The van der Waals surface area contributed by atoms with Gasteiger partial charge in [0, 0.05) is 11.4 Å². The normalized spacial score (nSPS) is 12.8. The molecule has 0 aliphatic heterocycles. The summed E-state index contributed by atoms with van der Waals surface area (Å²) in [6.45, 7) is 4.75. The zero-order valence-electron chi connectivity index (χ0n) is 12.3. The van der Waals surface area contributed by atoms with Gasteiger partial charge in [0.05, 0.1) is 11.7 Å². The third-order valence-corrected chi connectivity index (χ3v) is 4.11. The SMILES string of the molecule is CC(C)CC(CN)c1nc(CSc2ccccc2F)no1. The van der Waals surface area contributed by atoms with E-state index in [0.717, 1.165) is 6.42 Å². The van der Waals surface area contributed by atoms with Crippen molar-refractivity contribution in [1.29, 1.82) is 0 Å². The number of thioether (sulfide) groups is 1. The molecule has 0 saturated heterocycles. The van der Waals surface area contributed by atoms with Crippen LogP contribution in [0.2, 0.25) is 0 Å². The predicted molar refractivity (Wildman–Crippen MR) is 81.5 cm³/mol. The molecule has 2 rings (SSSR count). The summed E-state index contributed by atoms with van der Waals surface area (Å²) in [5.41, 5.74) is 5.76. The molecule has 0 aliphatic carbocycles. The highest BCUT2D eigenvalue weighted by Gasteiger charge is 2.19. The molecule has 0 bridgehead atoms. The Bertz CT molecular complexity index is 574. The Balaban J connectivity index is 1.98. The van der Waals surface area contributed by atoms with Crippen LogP contribution in [0.4, 0.5) is 4.39 Å². The minimum Gasteiger partial charge on any atom is -0.339 e. The number of hydrogen-bond donors (Lipinski definition) is 1. The molecule has 4 nitrogen and oxygen atoms in total. The van der Waals surface area contributed by atoms with Crippen molar-refractivity contribution in [2.45, 2.75) is 36.8 Å². The average Bonchev–Trinajstić information content (AvgIpc) is 2.92. The lowest BCUT2D eigenvalue weighted by atomic mass is 9.97. The first-order valence-corrected chi connectivity index (χ1v) is 7.98. The fourth-order valence-corrected chi connectivity index (χ4v) is 2.85. The molecule has 1 atom stereocenters. The fourth-order valence-electron chi connectivity index (χ4n) is 2.06. The van der Waals surface area contributed by atoms with Crippen LogP contribution in [0.15, 0.2) is 33.7 Å². The van der Waals surface area contributed by atoms with E-state index in [9.17, 15) is 4.39 Å². The molecule has 0 aliphatic rings. The summed E-state index contributed by atoms with van der Waals surface area (Å²) in [5, 5.41) is 3.95. The summed E-state index contributed by atoms with van der Waals surface area (Å²) < 4.78 is 18.8. The molecular formula is C15H20FN3OS. The summed E-state index contributed by atoms with van der Waals surface area (Å²) in [4.78, 5) is 4.96. The Morgan fingerprint density at radius 1 is 1.33 bits per heavy atom. The maximum Gasteiger partial charge on any atom is 0.231 e. The maximum atomic E-state index is 13.5. The molecular weight excluding hydrogens is 289 g/mol. The lowest BCUT2D eigenvalue weighted by Gasteiger charge is -2.11. The summed E-state index contributed by atoms with van der Waals surface area (Å²) in [5.74, 6) is 2.00. The van der Waals surface area contributed by atoms with Crippen LogP contribution in [0.3, 0.4) is 0 Å². The van der Waals surface area contributed by atoms with Gasteiger partial charge in [-0.05, 0) is 24.5 Å². The van der Waals surface area contributed by atoms with E-state index >= 15 is 0 Å². The molecule has 1 heterocycles. The largest absolute Gasteiger partial charge is 0.339 e. The van der Waals surface area contributed by atoms with E-state index in [1.165, 1.54) is 17.8 Å². The van der Waals surface area contributed by atoms with Crippen molar-refractivity contribution in [3.8, 4) is 0 Å². The van der Waals surface area contributed by atoms with Crippen molar-refractivity contribution in [3.05, 3.63) is 41.8 Å². The summed E-state index contributed by atoms with van der Waals surface area (Å²) in [7, 11) is 0. The minimum atomic E-state index is -0.231. The van der Waals surface area contributed by atoms with Crippen molar-refractivity contribution in [3.63, 3.8) is 0 Å². The Labute approximate surface area is 128 Å². The summed E-state index contributed by atoms with van der Waals surface area (Å²) in [6.07, 6.45) is 0.915. The molecule has 2 aromatic rings. The van der Waals surface area contributed by atoms with E-state index in [0.29, 0.717) is 34.8 Å². The molecule has 1 unspecified atom stereocenters. The second-order valence-corrected chi connectivity index (χ2v) is 6.35. The number of halogens is 1. The fraction of sp³-hybridized carbons (Fsp3) is 0.467. The Kier molecular flexibility index (Phi) is 5.76. The van der Waals surface area contributed by atoms with E-state index < -0.39 is 0 Å². The van der Waals surface area contributed by atoms with Crippen molar-refractivity contribution < 1.29 is 8.91 Å². The highest BCUT2D eigenvalue weighted by atomic mass is 32.2. The van der Waals surface area contributed by atoms with Crippen LogP contribution >= 0.6 is 11.8 Å². The van der Waals surface area contributed by atoms with E-state index in [2.05, 4.69) is 24.0 Å². The van der Waals surface area contributed by atoms with Crippen LogP contribution in [0.25, 0.3) is 0 Å². The van der Waals surface area contributed by atoms with Gasteiger partial charge in [-0.1, -0.05) is 31.1 Å². The molecule has 2 N–H and O–H groups in total. The van der Waals surface area contributed by atoms with Crippen molar-refractivity contribution >= 4 is 11.8 Å². The number of nitrogens with two attached hydrogens (primary N) is 1. The standard InChI is InChI=1S/C15H20FN3OS/c1-10(2)7-11(8-17)15-18-14(19-20-15)9-21-13-6-4-3-5-12(13)16/h3-6,10-11H,7-9,17H2,1-2H3. The summed E-state index contributed by atoms with van der Waals surface area (Å²) in [6, 6.07) is 6.66. The zero-order chi connectivity index (χ0) is 15.2. The Morgan fingerprint density at radius 3 is 2.76 bits per heavy atom. The van der Waals surface area contributed by atoms with Crippen LogP contribution < -0.4 is 5.73 Å². The smallest absolute Gasteiger partial charge is 0.231 e. The first-order chi connectivity index (χ1) is 10.1. The first kappa shape index (κ1) is 16.0. The van der Waals surface area contributed by atoms with E-state index in [4.69, 9.17) is 10.3 Å². The van der Waals surface area contributed by atoms with Gasteiger partial charge in [-0.25, -0.2) is 4.39 Å². The van der Waals surface area contributed by atoms with E-state index in [-0.39, 0.29) is 11.7 Å². The Hall–Kier alpha value is -1.40. The van der Waals surface area contributed by atoms with Crippen LogP contribution in [-0.2, 0) is 5.75 Å². The molecule has 0 amide bonds. The highest BCUT2D eigenvalue weighted by molar-refractivity contribution is 7.98. The number of hydrogen-bond acceptors (Lipinski definition) is 5. The molecule has 1 aromatic heterocycles. The van der Waals surface area contributed by atoms with Gasteiger partial charge in [0.2, 0.25) is 5.89 Å². The van der Waals surface area contributed by atoms with E-state index in [1.807, 2.05) is 0 Å². The molecule has 114 valence electrons. The van der Waals surface area contributed by atoms with Gasteiger partial charge >= 0.3 is 0 Å². The molecule has 0 fully saturated rings. The van der Waals surface area contributed by atoms with Crippen molar-refractivity contribution in [2.75, 3.05) is 6.54 Å². The first-order valence-electron chi connectivity index (χ1n) is 7.00. The molecule has 0 spiro atoms. The number of aromatic nitrogens is 2. The van der Waals surface area contributed by atoms with Crippen LogP contribution in [0.5, 0.6) is 0 Å². The van der Waals surface area contributed by atoms with Gasteiger partial charge in [0.15, 0.2) is 5.82 Å². The molecule has 1 aromatic carbocycles. The number of benzene rings is 1. The zero-order valence-corrected chi connectivity index (χ0v) is 13.1. The maximum absolute atomic E-state index is 13.5.